The van der Waals surface area contributed by atoms with E-state index in [1.807, 2.05) is 71.6 Å². The Hall–Kier alpha value is -4.36. The van der Waals surface area contributed by atoms with Gasteiger partial charge in [-0.3, -0.25) is 4.79 Å². The third-order valence-electron chi connectivity index (χ3n) is 7.14. The Bertz CT molecular complexity index is 1580. The van der Waals surface area contributed by atoms with Crippen LogP contribution in [0, 0.1) is 13.8 Å². The average molecular weight is 509 g/mol. The first-order valence-corrected chi connectivity index (χ1v) is 12.7. The maximum absolute atomic E-state index is 13.8. The molecule has 7 heteroatoms. The van der Waals surface area contributed by atoms with E-state index in [9.17, 15) is 9.90 Å². The molecule has 0 radical (unpaired) electrons. The van der Waals surface area contributed by atoms with Gasteiger partial charge in [-0.2, -0.15) is 0 Å². The minimum Gasteiger partial charge on any atom is -0.491 e. The number of benzene rings is 3. The van der Waals surface area contributed by atoms with Crippen molar-refractivity contribution in [3.05, 3.63) is 118 Å². The van der Waals surface area contributed by atoms with E-state index >= 15 is 0 Å². The van der Waals surface area contributed by atoms with E-state index in [1.54, 1.807) is 13.8 Å². The van der Waals surface area contributed by atoms with E-state index < -0.39 is 6.10 Å². The van der Waals surface area contributed by atoms with Crippen LogP contribution in [-0.4, -0.2) is 34.2 Å². The summed E-state index contributed by atoms with van der Waals surface area (Å²) in [4.78, 5) is 15.7. The lowest BCUT2D eigenvalue weighted by atomic mass is 9.95. The van der Waals surface area contributed by atoms with Crippen molar-refractivity contribution in [1.82, 2.24) is 10.1 Å². The number of hydrogen-bond donors (Lipinski definition) is 1. The molecular weight excluding hydrogens is 480 g/mol. The average Bonchev–Trinajstić information content (AvgIpc) is 3.44. The maximum atomic E-state index is 13.8. The molecule has 5 aromatic rings. The lowest BCUT2D eigenvalue weighted by Crippen LogP contribution is -2.37. The molecule has 1 aliphatic heterocycles. The lowest BCUT2D eigenvalue weighted by molar-refractivity contribution is -0.132. The van der Waals surface area contributed by atoms with Gasteiger partial charge in [0.15, 0.2) is 0 Å². The molecule has 1 N–H and O–H groups in total. The lowest BCUT2D eigenvalue weighted by Gasteiger charge is -2.30. The summed E-state index contributed by atoms with van der Waals surface area (Å²) in [6.07, 6.45) is -0.753. The minimum atomic E-state index is -0.984. The summed E-state index contributed by atoms with van der Waals surface area (Å²) in [6, 6.07) is 25.2. The van der Waals surface area contributed by atoms with Crippen LogP contribution < -0.4 is 4.74 Å². The van der Waals surface area contributed by atoms with Gasteiger partial charge in [0.1, 0.15) is 35.6 Å². The van der Waals surface area contributed by atoms with Gasteiger partial charge in [-0.1, -0.05) is 59.8 Å². The highest BCUT2D eigenvalue weighted by atomic mass is 16.5. The second kappa shape index (κ2) is 9.84. The highest BCUT2D eigenvalue weighted by Crippen LogP contribution is 2.37. The van der Waals surface area contributed by atoms with Crippen LogP contribution in [0.3, 0.4) is 0 Å². The van der Waals surface area contributed by atoms with Crippen LogP contribution in [0.1, 0.15) is 51.6 Å². The summed E-state index contributed by atoms with van der Waals surface area (Å²) in [5.41, 5.74) is 4.76. The van der Waals surface area contributed by atoms with Gasteiger partial charge in [-0.05, 0) is 49.2 Å². The third-order valence-corrected chi connectivity index (χ3v) is 7.14. The van der Waals surface area contributed by atoms with Crippen LogP contribution in [0.4, 0.5) is 0 Å². The number of aliphatic hydroxyl groups excluding tert-OH is 1. The Labute approximate surface area is 220 Å². The van der Waals surface area contributed by atoms with Crippen molar-refractivity contribution in [3.63, 3.8) is 0 Å². The standard InChI is InChI=1S/C31H28N2O5/c1-19-29(20(2)38-32-19)31(35)27-18-23-16-21(12-13-25(23)37-27)17-28(34)33-14-15-36-26-11-7-6-10-24(26)30(33)22-8-4-3-5-9-22/h3-13,16,18,30-31,35H,14-15,17H2,1-2H3. The molecule has 38 heavy (non-hydrogen) atoms. The monoisotopic (exact) mass is 508 g/mol. The summed E-state index contributed by atoms with van der Waals surface area (Å²) in [5, 5.41) is 15.7. The van der Waals surface area contributed by atoms with Crippen LogP contribution in [0.25, 0.3) is 11.0 Å². The smallest absolute Gasteiger partial charge is 0.227 e. The largest absolute Gasteiger partial charge is 0.491 e. The molecule has 1 aliphatic rings. The molecule has 0 saturated carbocycles. The van der Waals surface area contributed by atoms with Crippen molar-refractivity contribution in [1.29, 1.82) is 0 Å². The molecule has 6 rings (SSSR count). The van der Waals surface area contributed by atoms with E-state index in [0.717, 1.165) is 27.8 Å². The van der Waals surface area contributed by atoms with Gasteiger partial charge in [0.05, 0.1) is 30.3 Å². The van der Waals surface area contributed by atoms with Gasteiger partial charge in [0, 0.05) is 10.9 Å². The number of carbonyl (C=O) groups is 1. The minimum absolute atomic E-state index is 0.0120. The molecular formula is C31H28N2O5. The molecule has 0 aliphatic carbocycles. The fraction of sp³-hybridized carbons (Fsp3) is 0.226. The summed E-state index contributed by atoms with van der Waals surface area (Å²) in [7, 11) is 0. The van der Waals surface area contributed by atoms with Gasteiger partial charge in [-0.15, -0.1) is 0 Å². The Kier molecular flexibility index (Phi) is 6.21. The number of furan rings is 1. The highest BCUT2D eigenvalue weighted by Gasteiger charge is 2.31. The second-order valence-corrected chi connectivity index (χ2v) is 9.62. The fourth-order valence-corrected chi connectivity index (χ4v) is 5.31. The zero-order valence-corrected chi connectivity index (χ0v) is 21.3. The van der Waals surface area contributed by atoms with Crippen molar-refractivity contribution in [2.75, 3.05) is 13.2 Å². The zero-order valence-electron chi connectivity index (χ0n) is 21.3. The molecule has 3 heterocycles. The number of nitrogens with zero attached hydrogens (tertiary/aromatic N) is 2. The van der Waals surface area contributed by atoms with Gasteiger partial charge in [0.25, 0.3) is 0 Å². The number of aromatic nitrogens is 1. The van der Waals surface area contributed by atoms with Crippen molar-refractivity contribution < 1.29 is 23.6 Å². The normalized spacial score (nSPS) is 16.1. The molecule has 2 atom stereocenters. The Morgan fingerprint density at radius 3 is 2.63 bits per heavy atom. The summed E-state index contributed by atoms with van der Waals surface area (Å²) in [5.74, 6) is 1.78. The van der Waals surface area contributed by atoms with Crippen LogP contribution in [0.15, 0.2) is 87.8 Å². The summed E-state index contributed by atoms with van der Waals surface area (Å²) < 4.78 is 17.2. The number of aliphatic hydroxyl groups is 1. The second-order valence-electron chi connectivity index (χ2n) is 9.62. The Morgan fingerprint density at radius 1 is 1.05 bits per heavy atom. The van der Waals surface area contributed by atoms with E-state index in [-0.39, 0.29) is 18.4 Å². The number of aryl methyl sites for hydroxylation is 2. The quantitative estimate of drug-likeness (QED) is 0.329. The van der Waals surface area contributed by atoms with Crippen LogP contribution in [0.2, 0.25) is 0 Å². The summed E-state index contributed by atoms with van der Waals surface area (Å²) in [6.45, 7) is 4.46. The van der Waals surface area contributed by atoms with E-state index in [4.69, 9.17) is 13.7 Å². The number of rotatable bonds is 5. The molecule has 2 unspecified atom stereocenters. The predicted molar refractivity (Wildman–Crippen MR) is 142 cm³/mol. The number of hydrogen-bond acceptors (Lipinski definition) is 6. The summed E-state index contributed by atoms with van der Waals surface area (Å²) >= 11 is 0. The molecule has 1 amide bonds. The van der Waals surface area contributed by atoms with Gasteiger partial charge < -0.3 is 23.7 Å². The number of para-hydroxylation sites is 1. The van der Waals surface area contributed by atoms with E-state index in [2.05, 4.69) is 17.3 Å². The number of ether oxygens (including phenoxy) is 1. The third kappa shape index (κ3) is 4.35. The maximum Gasteiger partial charge on any atom is 0.227 e. The zero-order chi connectivity index (χ0) is 26.2. The van der Waals surface area contributed by atoms with Gasteiger partial charge in [-0.25, -0.2) is 0 Å². The van der Waals surface area contributed by atoms with Gasteiger partial charge >= 0.3 is 0 Å². The molecule has 7 nitrogen and oxygen atoms in total. The molecule has 0 saturated heterocycles. The highest BCUT2D eigenvalue weighted by molar-refractivity contribution is 5.84. The predicted octanol–water partition coefficient (Wildman–Crippen LogP) is 5.67. The first kappa shape index (κ1) is 24.0. The van der Waals surface area contributed by atoms with Crippen molar-refractivity contribution >= 4 is 16.9 Å². The number of fused-ring (bicyclic) bond motifs is 2. The topological polar surface area (TPSA) is 88.9 Å². The van der Waals surface area contributed by atoms with Crippen molar-refractivity contribution in [3.8, 4) is 5.75 Å². The number of amides is 1. The van der Waals surface area contributed by atoms with E-state index in [1.165, 1.54) is 0 Å². The van der Waals surface area contributed by atoms with E-state index in [0.29, 0.717) is 41.5 Å². The van der Waals surface area contributed by atoms with Crippen molar-refractivity contribution in [2.24, 2.45) is 0 Å². The first-order chi connectivity index (χ1) is 18.5. The molecule has 3 aromatic carbocycles. The molecule has 192 valence electrons. The fourth-order valence-electron chi connectivity index (χ4n) is 5.31. The van der Waals surface area contributed by atoms with Crippen LogP contribution in [0.5, 0.6) is 5.75 Å². The first-order valence-electron chi connectivity index (χ1n) is 12.7. The molecule has 0 fully saturated rings. The Morgan fingerprint density at radius 2 is 1.84 bits per heavy atom. The van der Waals surface area contributed by atoms with Crippen molar-refractivity contribution in [2.45, 2.75) is 32.4 Å². The molecule has 2 aromatic heterocycles. The molecule has 0 spiro atoms. The van der Waals surface area contributed by atoms with Crippen LogP contribution >= 0.6 is 0 Å². The van der Waals surface area contributed by atoms with Crippen LogP contribution in [-0.2, 0) is 11.2 Å². The molecule has 0 bridgehead atoms. The SMILES string of the molecule is Cc1noc(C)c1C(O)c1cc2cc(CC(=O)N3CCOc4ccccc4C3c3ccccc3)ccc2o1. The Balaban J connectivity index is 1.29. The van der Waals surface area contributed by atoms with Gasteiger partial charge in [0.2, 0.25) is 5.91 Å². The number of carbonyl (C=O) groups excluding carboxylic acids is 1.